The summed E-state index contributed by atoms with van der Waals surface area (Å²) in [5, 5.41) is 4.99. The van der Waals surface area contributed by atoms with Gasteiger partial charge in [-0.25, -0.2) is 9.59 Å². The highest BCUT2D eigenvalue weighted by molar-refractivity contribution is 6.31. The smallest absolute Gasteiger partial charge is 0.414 e. The van der Waals surface area contributed by atoms with Crippen LogP contribution in [-0.2, 0) is 9.47 Å². The zero-order valence-electron chi connectivity index (χ0n) is 16.0. The van der Waals surface area contributed by atoms with Crippen molar-refractivity contribution >= 4 is 47.2 Å². The lowest BCUT2D eigenvalue weighted by atomic mass is 10.2. The Kier molecular flexibility index (Phi) is 8.20. The minimum atomic E-state index is -1.02. The second kappa shape index (κ2) is 10.6. The van der Waals surface area contributed by atoms with Crippen molar-refractivity contribution in [2.24, 2.45) is 0 Å². The van der Waals surface area contributed by atoms with E-state index in [1.54, 1.807) is 0 Å². The first kappa shape index (κ1) is 23.2. The van der Waals surface area contributed by atoms with Crippen molar-refractivity contribution in [3.05, 3.63) is 69.7 Å². The van der Waals surface area contributed by atoms with Gasteiger partial charge in [-0.1, -0.05) is 23.2 Å². The molecule has 0 bridgehead atoms. The van der Waals surface area contributed by atoms with E-state index in [4.69, 9.17) is 32.7 Å². The fourth-order valence-corrected chi connectivity index (χ4v) is 2.37. The fraction of sp³-hybridized carbons (Fsp3) is 0.200. The molecule has 0 aliphatic heterocycles. The minimum Gasteiger partial charge on any atom is -0.442 e. The molecule has 2 N–H and O–H groups in total. The Morgan fingerprint density at radius 3 is 1.27 bits per heavy atom. The van der Waals surface area contributed by atoms with Crippen LogP contribution in [0.5, 0.6) is 0 Å². The monoisotopic (exact) mass is 452 g/mol. The molecule has 0 saturated carbocycles. The van der Waals surface area contributed by atoms with Gasteiger partial charge in [-0.05, 0) is 62.4 Å². The second-order valence-corrected chi connectivity index (χ2v) is 7.02. The molecule has 0 radical (unpaired) electrons. The van der Waals surface area contributed by atoms with Crippen molar-refractivity contribution in [2.75, 3.05) is 0 Å². The van der Waals surface area contributed by atoms with Gasteiger partial charge in [0.2, 0.25) is 0 Å². The predicted octanol–water partition coefficient (Wildman–Crippen LogP) is 4.20. The summed E-state index contributed by atoms with van der Waals surface area (Å²) in [4.78, 5) is 47.7. The van der Waals surface area contributed by atoms with Crippen molar-refractivity contribution in [3.8, 4) is 0 Å². The van der Waals surface area contributed by atoms with Gasteiger partial charge in [-0.15, -0.1) is 0 Å². The lowest BCUT2D eigenvalue weighted by Gasteiger charge is -2.20. The molecule has 10 heteroatoms. The van der Waals surface area contributed by atoms with Crippen LogP contribution in [0.3, 0.4) is 0 Å². The largest absolute Gasteiger partial charge is 0.442 e. The third-order valence-corrected chi connectivity index (χ3v) is 4.39. The van der Waals surface area contributed by atoms with Crippen molar-refractivity contribution in [2.45, 2.75) is 26.1 Å². The molecule has 158 valence electrons. The molecule has 2 atom stereocenters. The van der Waals surface area contributed by atoms with E-state index in [2.05, 4.69) is 0 Å². The maximum atomic E-state index is 12.0. The Morgan fingerprint density at radius 1 is 0.667 bits per heavy atom. The average molecular weight is 453 g/mol. The molecule has 2 rings (SSSR count). The maximum Gasteiger partial charge on any atom is 0.414 e. The normalized spacial score (nSPS) is 12.3. The molecule has 0 saturated heterocycles. The van der Waals surface area contributed by atoms with Gasteiger partial charge in [0, 0.05) is 21.2 Å². The van der Waals surface area contributed by atoms with Crippen LogP contribution in [0, 0.1) is 0 Å². The molecular formula is C20H18Cl2N2O6. The zero-order valence-corrected chi connectivity index (χ0v) is 17.5. The van der Waals surface area contributed by atoms with Gasteiger partial charge >= 0.3 is 12.2 Å². The highest BCUT2D eigenvalue weighted by Gasteiger charge is 2.23. The highest BCUT2D eigenvalue weighted by atomic mass is 35.5. The summed E-state index contributed by atoms with van der Waals surface area (Å²) in [7, 11) is 0. The zero-order chi connectivity index (χ0) is 22.3. The van der Waals surface area contributed by atoms with Crippen LogP contribution in [0.4, 0.5) is 9.59 Å². The van der Waals surface area contributed by atoms with E-state index in [0.717, 1.165) is 0 Å². The van der Waals surface area contributed by atoms with Crippen molar-refractivity contribution in [3.63, 3.8) is 0 Å². The summed E-state index contributed by atoms with van der Waals surface area (Å²) in [6.45, 7) is 2.93. The standard InChI is InChI=1S/C20H18Cl2N2O6/c1-11(29-19(27)23-17(25)13-3-7-15(21)8-4-13)12(2)30-20(28)24-18(26)14-5-9-16(22)10-6-14/h3-12H,1-2H3,(H,23,25,27)(H,24,26,28). The van der Waals surface area contributed by atoms with Crippen LogP contribution in [-0.4, -0.2) is 36.2 Å². The predicted molar refractivity (Wildman–Crippen MR) is 110 cm³/mol. The first-order valence-corrected chi connectivity index (χ1v) is 9.46. The fourth-order valence-electron chi connectivity index (χ4n) is 2.12. The Bertz CT molecular complexity index is 854. The first-order chi connectivity index (χ1) is 14.2. The molecule has 30 heavy (non-hydrogen) atoms. The number of benzene rings is 2. The van der Waals surface area contributed by atoms with Crippen molar-refractivity contribution in [1.82, 2.24) is 10.6 Å². The topological polar surface area (TPSA) is 111 Å². The second-order valence-electron chi connectivity index (χ2n) is 6.14. The molecule has 2 unspecified atom stereocenters. The van der Waals surface area contributed by atoms with Crippen LogP contribution >= 0.6 is 23.2 Å². The van der Waals surface area contributed by atoms with Crippen LogP contribution in [0.1, 0.15) is 34.6 Å². The molecule has 0 aliphatic carbocycles. The molecule has 2 aromatic carbocycles. The van der Waals surface area contributed by atoms with Gasteiger partial charge in [0.15, 0.2) is 0 Å². The van der Waals surface area contributed by atoms with Crippen LogP contribution in [0.2, 0.25) is 10.0 Å². The van der Waals surface area contributed by atoms with Crippen LogP contribution in [0.25, 0.3) is 0 Å². The number of nitrogens with one attached hydrogen (secondary N) is 2. The van der Waals surface area contributed by atoms with Gasteiger partial charge in [-0.3, -0.25) is 20.2 Å². The number of amides is 4. The summed E-state index contributed by atoms with van der Waals surface area (Å²) >= 11 is 11.5. The molecule has 0 aromatic heterocycles. The van der Waals surface area contributed by atoms with E-state index in [1.807, 2.05) is 10.6 Å². The SMILES string of the molecule is CC(OC(=O)NC(=O)c1ccc(Cl)cc1)C(C)OC(=O)NC(=O)c1ccc(Cl)cc1. The Hall–Kier alpha value is -3.10. The average Bonchev–Trinajstić information content (AvgIpc) is 2.68. The number of hydrogen-bond donors (Lipinski definition) is 2. The molecule has 0 fully saturated rings. The van der Waals surface area contributed by atoms with E-state index >= 15 is 0 Å². The number of carbonyl (C=O) groups excluding carboxylic acids is 4. The Morgan fingerprint density at radius 2 is 0.967 bits per heavy atom. The number of halogens is 2. The quantitative estimate of drug-likeness (QED) is 0.702. The van der Waals surface area contributed by atoms with E-state index < -0.39 is 36.2 Å². The number of carbonyl (C=O) groups is 4. The van der Waals surface area contributed by atoms with E-state index in [9.17, 15) is 19.2 Å². The molecule has 0 heterocycles. The summed E-state index contributed by atoms with van der Waals surface area (Å²) in [5.41, 5.74) is 0.432. The van der Waals surface area contributed by atoms with Crippen molar-refractivity contribution in [1.29, 1.82) is 0 Å². The van der Waals surface area contributed by atoms with Gasteiger partial charge in [-0.2, -0.15) is 0 Å². The third kappa shape index (κ3) is 7.06. The lowest BCUT2D eigenvalue weighted by Crippen LogP contribution is -2.40. The number of imide groups is 2. The number of rotatable bonds is 5. The molecule has 0 spiro atoms. The van der Waals surface area contributed by atoms with Gasteiger partial charge in [0.25, 0.3) is 11.8 Å². The first-order valence-electron chi connectivity index (χ1n) is 8.70. The van der Waals surface area contributed by atoms with Crippen molar-refractivity contribution < 1.29 is 28.7 Å². The Labute approximate surface area is 182 Å². The molecule has 4 amide bonds. The van der Waals surface area contributed by atoms with Gasteiger partial charge in [0.1, 0.15) is 12.2 Å². The Balaban J connectivity index is 1.80. The van der Waals surface area contributed by atoms with E-state index in [0.29, 0.717) is 10.0 Å². The maximum absolute atomic E-state index is 12.0. The lowest BCUT2D eigenvalue weighted by molar-refractivity contribution is 0.00833. The van der Waals surface area contributed by atoms with Crippen LogP contribution < -0.4 is 10.6 Å². The summed E-state index contributed by atoms with van der Waals surface area (Å²) < 4.78 is 10.1. The molecule has 2 aromatic rings. The number of alkyl carbamates (subject to hydrolysis) is 2. The number of ether oxygens (including phenoxy) is 2. The third-order valence-electron chi connectivity index (χ3n) is 3.89. The van der Waals surface area contributed by atoms with E-state index in [-0.39, 0.29) is 11.1 Å². The number of hydrogen-bond acceptors (Lipinski definition) is 6. The van der Waals surface area contributed by atoms with Gasteiger partial charge < -0.3 is 9.47 Å². The molecule has 0 aliphatic rings. The van der Waals surface area contributed by atoms with E-state index in [1.165, 1.54) is 62.4 Å². The molecular weight excluding hydrogens is 435 g/mol. The van der Waals surface area contributed by atoms with Gasteiger partial charge in [0.05, 0.1) is 0 Å². The highest BCUT2D eigenvalue weighted by Crippen LogP contribution is 2.11. The van der Waals surface area contributed by atoms with Crippen LogP contribution in [0.15, 0.2) is 48.5 Å². The summed E-state index contributed by atoms with van der Waals surface area (Å²) in [5.74, 6) is -1.35. The minimum absolute atomic E-state index is 0.216. The molecule has 8 nitrogen and oxygen atoms in total. The summed E-state index contributed by atoms with van der Waals surface area (Å²) in [6, 6.07) is 11.8. The summed E-state index contributed by atoms with van der Waals surface area (Å²) in [6.07, 6.45) is -3.84.